The maximum absolute atomic E-state index is 9.75. The summed E-state index contributed by atoms with van der Waals surface area (Å²) in [5, 5.41) is 18.4. The van der Waals surface area contributed by atoms with E-state index in [1.54, 1.807) is 7.05 Å². The van der Waals surface area contributed by atoms with Gasteiger partial charge in [0.15, 0.2) is 0 Å². The third kappa shape index (κ3) is 3.55. The zero-order valence-corrected chi connectivity index (χ0v) is 7.85. The van der Waals surface area contributed by atoms with Gasteiger partial charge in [-0.2, -0.15) is 4.65 Å². The maximum Gasteiger partial charge on any atom is 0.134 e. The summed E-state index contributed by atoms with van der Waals surface area (Å²) in [6.45, 7) is 0.885. The minimum Gasteiger partial charge on any atom is -0.390 e. The molecule has 0 saturated heterocycles. The summed E-state index contributed by atoms with van der Waals surface area (Å²) in [4.78, 5) is 0. The predicted octanol–water partition coefficient (Wildman–Crippen LogP) is 1.01. The third-order valence-corrected chi connectivity index (χ3v) is 1.95. The number of quaternary nitrogens is 1. The van der Waals surface area contributed by atoms with Gasteiger partial charge in [-0.1, -0.05) is 30.3 Å². The molecule has 0 aliphatic heterocycles. The van der Waals surface area contributed by atoms with Gasteiger partial charge in [0.05, 0.1) is 13.7 Å². The van der Waals surface area contributed by atoms with Gasteiger partial charge in [-0.15, -0.1) is 0 Å². The Morgan fingerprint density at radius 1 is 1.23 bits per heavy atom. The Bertz CT molecular complexity index is 246. The summed E-state index contributed by atoms with van der Waals surface area (Å²) in [5.74, 6) is 0. The van der Waals surface area contributed by atoms with Crippen molar-refractivity contribution in [2.24, 2.45) is 0 Å². The molecular formula is C10H16NO2+. The molecule has 0 saturated carbocycles. The highest BCUT2D eigenvalue weighted by molar-refractivity contribution is 5.13. The van der Waals surface area contributed by atoms with Crippen LogP contribution in [0.5, 0.6) is 0 Å². The summed E-state index contributed by atoms with van der Waals surface area (Å²) in [7, 11) is 1.68. The van der Waals surface area contributed by atoms with E-state index in [4.69, 9.17) is 5.11 Å². The highest BCUT2D eigenvalue weighted by Gasteiger charge is 2.17. The molecule has 0 radical (unpaired) electrons. The van der Waals surface area contributed by atoms with Crippen LogP contribution in [0.2, 0.25) is 0 Å². The SMILES string of the molecule is C[N+](O)(CCO)Cc1ccccc1. The molecule has 0 heterocycles. The van der Waals surface area contributed by atoms with Gasteiger partial charge >= 0.3 is 0 Å². The molecular weight excluding hydrogens is 166 g/mol. The molecule has 0 aliphatic rings. The second-order valence-corrected chi connectivity index (χ2v) is 3.43. The van der Waals surface area contributed by atoms with Crippen LogP contribution in [0.15, 0.2) is 30.3 Å². The van der Waals surface area contributed by atoms with Gasteiger partial charge in [-0.3, -0.25) is 0 Å². The summed E-state index contributed by atoms with van der Waals surface area (Å²) in [5.41, 5.74) is 1.07. The Labute approximate surface area is 78.4 Å². The molecule has 1 rings (SSSR count). The normalized spacial score (nSPS) is 15.3. The van der Waals surface area contributed by atoms with E-state index in [9.17, 15) is 5.21 Å². The Morgan fingerprint density at radius 3 is 2.38 bits per heavy atom. The number of aliphatic hydroxyl groups excluding tert-OH is 1. The Kier molecular flexibility index (Phi) is 3.42. The van der Waals surface area contributed by atoms with Gasteiger partial charge in [0.1, 0.15) is 13.1 Å². The fraction of sp³-hybridized carbons (Fsp3) is 0.400. The van der Waals surface area contributed by atoms with Crippen molar-refractivity contribution in [3.8, 4) is 0 Å². The maximum atomic E-state index is 9.75. The summed E-state index contributed by atoms with van der Waals surface area (Å²) >= 11 is 0. The number of rotatable bonds is 4. The molecule has 1 atom stereocenters. The first kappa shape index (κ1) is 10.2. The van der Waals surface area contributed by atoms with Crippen molar-refractivity contribution in [3.05, 3.63) is 35.9 Å². The monoisotopic (exact) mass is 182 g/mol. The number of aliphatic hydroxyl groups is 1. The van der Waals surface area contributed by atoms with Crippen LogP contribution in [0.3, 0.4) is 0 Å². The second-order valence-electron chi connectivity index (χ2n) is 3.43. The third-order valence-electron chi connectivity index (χ3n) is 1.95. The van der Waals surface area contributed by atoms with Crippen LogP contribution < -0.4 is 0 Å². The lowest BCUT2D eigenvalue weighted by Gasteiger charge is -2.24. The summed E-state index contributed by atoms with van der Waals surface area (Å²) < 4.78 is -0.166. The van der Waals surface area contributed by atoms with Crippen molar-refractivity contribution < 1.29 is 15.0 Å². The average Bonchev–Trinajstić information content (AvgIpc) is 2.04. The second kappa shape index (κ2) is 4.37. The molecule has 0 aromatic heterocycles. The topological polar surface area (TPSA) is 40.5 Å². The van der Waals surface area contributed by atoms with Crippen molar-refractivity contribution in [3.63, 3.8) is 0 Å². The van der Waals surface area contributed by atoms with Crippen LogP contribution in [-0.2, 0) is 6.54 Å². The van der Waals surface area contributed by atoms with Gasteiger partial charge in [0, 0.05) is 5.56 Å². The zero-order valence-electron chi connectivity index (χ0n) is 7.85. The van der Waals surface area contributed by atoms with E-state index in [-0.39, 0.29) is 11.3 Å². The lowest BCUT2D eigenvalue weighted by atomic mass is 10.2. The number of hydrogen-bond donors (Lipinski definition) is 2. The molecule has 0 amide bonds. The van der Waals surface area contributed by atoms with E-state index in [0.717, 1.165) is 5.56 Å². The van der Waals surface area contributed by atoms with Gasteiger partial charge in [-0.05, 0) is 0 Å². The molecule has 0 fully saturated rings. The van der Waals surface area contributed by atoms with Crippen molar-refractivity contribution in [1.82, 2.24) is 0 Å². The molecule has 72 valence electrons. The molecule has 0 aliphatic carbocycles. The lowest BCUT2D eigenvalue weighted by molar-refractivity contribution is -1.10. The smallest absolute Gasteiger partial charge is 0.134 e. The minimum atomic E-state index is -0.166. The van der Waals surface area contributed by atoms with E-state index in [1.165, 1.54) is 0 Å². The zero-order chi connectivity index (χ0) is 9.73. The number of benzene rings is 1. The van der Waals surface area contributed by atoms with Crippen LogP contribution >= 0.6 is 0 Å². The van der Waals surface area contributed by atoms with E-state index >= 15 is 0 Å². The molecule has 0 spiro atoms. The molecule has 13 heavy (non-hydrogen) atoms. The first-order chi connectivity index (χ1) is 6.14. The van der Waals surface area contributed by atoms with Crippen LogP contribution in [0.4, 0.5) is 0 Å². The van der Waals surface area contributed by atoms with Gasteiger partial charge < -0.3 is 5.11 Å². The van der Waals surface area contributed by atoms with Crippen LogP contribution in [-0.4, -0.2) is 35.2 Å². The quantitative estimate of drug-likeness (QED) is 0.539. The predicted molar refractivity (Wildman–Crippen MR) is 50.1 cm³/mol. The van der Waals surface area contributed by atoms with Gasteiger partial charge in [-0.25, -0.2) is 5.21 Å². The highest BCUT2D eigenvalue weighted by Crippen LogP contribution is 2.07. The number of nitrogens with zero attached hydrogens (tertiary/aromatic N) is 1. The molecule has 1 unspecified atom stereocenters. The van der Waals surface area contributed by atoms with Crippen LogP contribution in [0.1, 0.15) is 5.56 Å². The molecule has 3 heteroatoms. The first-order valence-electron chi connectivity index (χ1n) is 4.36. The number of likely N-dealkylation sites (N-methyl/N-ethyl adjacent to an activating group) is 1. The molecule has 1 aromatic rings. The largest absolute Gasteiger partial charge is 0.390 e. The molecule has 1 aromatic carbocycles. The number of hydrogen-bond acceptors (Lipinski definition) is 2. The van der Waals surface area contributed by atoms with Gasteiger partial charge in [0.2, 0.25) is 0 Å². The Hall–Kier alpha value is -0.900. The summed E-state index contributed by atoms with van der Waals surface area (Å²) in [6.07, 6.45) is 0. The fourth-order valence-corrected chi connectivity index (χ4v) is 1.27. The average molecular weight is 182 g/mol. The lowest BCUT2D eigenvalue weighted by Crippen LogP contribution is -2.41. The molecule has 2 N–H and O–H groups in total. The van der Waals surface area contributed by atoms with Gasteiger partial charge in [0.25, 0.3) is 0 Å². The van der Waals surface area contributed by atoms with Crippen LogP contribution in [0, 0.1) is 0 Å². The Morgan fingerprint density at radius 2 is 1.85 bits per heavy atom. The molecule has 0 bridgehead atoms. The van der Waals surface area contributed by atoms with Crippen molar-refractivity contribution >= 4 is 0 Å². The van der Waals surface area contributed by atoms with Crippen molar-refractivity contribution in [2.75, 3.05) is 20.2 Å². The summed E-state index contributed by atoms with van der Waals surface area (Å²) in [6, 6.07) is 9.74. The van der Waals surface area contributed by atoms with E-state index < -0.39 is 0 Å². The number of hydroxylamine groups is 3. The highest BCUT2D eigenvalue weighted by atomic mass is 16.5. The fourth-order valence-electron chi connectivity index (χ4n) is 1.27. The van der Waals surface area contributed by atoms with E-state index in [2.05, 4.69) is 0 Å². The standard InChI is InChI=1S/C10H16NO2/c1-11(13,7-8-12)9-10-5-3-2-4-6-10/h2-6,12-13H,7-9H2,1H3/q+1. The van der Waals surface area contributed by atoms with Crippen molar-refractivity contribution in [2.45, 2.75) is 6.54 Å². The minimum absolute atomic E-state index is 0.000165. The van der Waals surface area contributed by atoms with Crippen LogP contribution in [0.25, 0.3) is 0 Å². The molecule has 3 nitrogen and oxygen atoms in total. The van der Waals surface area contributed by atoms with E-state index in [0.29, 0.717) is 13.1 Å². The Balaban J connectivity index is 2.58. The first-order valence-corrected chi connectivity index (χ1v) is 4.36. The van der Waals surface area contributed by atoms with Crippen molar-refractivity contribution in [1.29, 1.82) is 0 Å². The van der Waals surface area contributed by atoms with E-state index in [1.807, 2.05) is 30.3 Å².